The average molecular weight is 905 g/mol. The molecule has 0 saturated carbocycles. The molecule has 3 N–H and O–H groups in total. The van der Waals surface area contributed by atoms with Gasteiger partial charge in [-0.1, -0.05) is 289 Å². The molecule has 1 amide bonds. The number of rotatable bonds is 54. The summed E-state index contributed by atoms with van der Waals surface area (Å²) in [6.45, 7) is 4.90. The third-order valence-corrected chi connectivity index (χ3v) is 13.6. The van der Waals surface area contributed by atoms with Gasteiger partial charge in [0, 0.05) is 12.8 Å². The number of carbonyl (C=O) groups is 2. The van der Waals surface area contributed by atoms with Gasteiger partial charge in [-0.3, -0.25) is 9.59 Å². The maximum Gasteiger partial charge on any atom is 0.305 e. The van der Waals surface area contributed by atoms with Gasteiger partial charge >= 0.3 is 5.97 Å². The summed E-state index contributed by atoms with van der Waals surface area (Å²) in [4.78, 5) is 24.5. The molecular weight excluding hydrogens is 791 g/mol. The van der Waals surface area contributed by atoms with Crippen molar-refractivity contribution in [1.29, 1.82) is 0 Å². The number of aliphatic hydroxyl groups excluding tert-OH is 2. The van der Waals surface area contributed by atoms with Gasteiger partial charge in [0.15, 0.2) is 0 Å². The highest BCUT2D eigenvalue weighted by atomic mass is 16.5. The number of aliphatic hydroxyl groups is 2. The summed E-state index contributed by atoms with van der Waals surface area (Å²) < 4.78 is 5.46. The van der Waals surface area contributed by atoms with E-state index in [-0.39, 0.29) is 18.5 Å². The molecule has 0 aromatic rings. The van der Waals surface area contributed by atoms with E-state index in [2.05, 4.69) is 19.2 Å². The summed E-state index contributed by atoms with van der Waals surface area (Å²) in [5.41, 5.74) is 0. The molecule has 0 aliphatic carbocycles. The first kappa shape index (κ1) is 62.6. The second kappa shape index (κ2) is 54.2. The first-order chi connectivity index (χ1) is 31.5. The second-order valence-electron chi connectivity index (χ2n) is 20.0. The van der Waals surface area contributed by atoms with E-state index >= 15 is 0 Å². The zero-order valence-electron chi connectivity index (χ0n) is 43.3. The van der Waals surface area contributed by atoms with Gasteiger partial charge in [-0.2, -0.15) is 0 Å². The minimum Gasteiger partial charge on any atom is -0.466 e. The van der Waals surface area contributed by atoms with Crippen LogP contribution in [0.15, 0.2) is 12.2 Å². The highest BCUT2D eigenvalue weighted by Crippen LogP contribution is 2.17. The van der Waals surface area contributed by atoms with Crippen LogP contribution in [0.3, 0.4) is 0 Å². The van der Waals surface area contributed by atoms with Crippen molar-refractivity contribution < 1.29 is 24.5 Å². The average Bonchev–Trinajstić information content (AvgIpc) is 3.29. The lowest BCUT2D eigenvalue weighted by Gasteiger charge is -2.20. The Morgan fingerprint density at radius 1 is 0.422 bits per heavy atom. The van der Waals surface area contributed by atoms with E-state index in [0.29, 0.717) is 19.4 Å². The van der Waals surface area contributed by atoms with E-state index in [0.717, 1.165) is 57.8 Å². The smallest absolute Gasteiger partial charge is 0.305 e. The number of esters is 1. The fourth-order valence-electron chi connectivity index (χ4n) is 9.11. The molecule has 0 fully saturated rings. The third kappa shape index (κ3) is 50.0. The van der Waals surface area contributed by atoms with Gasteiger partial charge < -0.3 is 20.3 Å². The molecule has 2 unspecified atom stereocenters. The zero-order chi connectivity index (χ0) is 46.5. The van der Waals surface area contributed by atoms with Crippen molar-refractivity contribution >= 4 is 11.9 Å². The number of allylic oxidation sites excluding steroid dienone is 1. The van der Waals surface area contributed by atoms with Crippen LogP contribution in [0, 0.1) is 0 Å². The molecule has 0 saturated heterocycles. The Morgan fingerprint density at radius 3 is 1.06 bits per heavy atom. The zero-order valence-corrected chi connectivity index (χ0v) is 43.3. The van der Waals surface area contributed by atoms with E-state index in [1.54, 1.807) is 6.08 Å². The monoisotopic (exact) mass is 904 g/mol. The van der Waals surface area contributed by atoms with Gasteiger partial charge in [0.05, 0.1) is 25.4 Å². The highest BCUT2D eigenvalue weighted by Gasteiger charge is 2.18. The number of nitrogens with one attached hydrogen (secondary N) is 1. The Bertz CT molecular complexity index is 955. The van der Waals surface area contributed by atoms with Crippen molar-refractivity contribution in [2.24, 2.45) is 0 Å². The predicted octanol–water partition coefficient (Wildman–Crippen LogP) is 17.7. The SMILES string of the molecule is CCCCCCCCCCCCCCCCCCCCCC/C=C/C(O)C(CO)NC(=O)CCCCCCCCCCCCCCCOC(=O)CCCCCCCCCCCCCC. The molecule has 0 heterocycles. The quantitative estimate of drug-likeness (QED) is 0.0321. The van der Waals surface area contributed by atoms with E-state index < -0.39 is 12.1 Å². The summed E-state index contributed by atoms with van der Waals surface area (Å²) >= 11 is 0. The maximum absolute atomic E-state index is 12.5. The van der Waals surface area contributed by atoms with Crippen LogP contribution < -0.4 is 5.32 Å². The van der Waals surface area contributed by atoms with Crippen molar-refractivity contribution in [3.05, 3.63) is 12.2 Å². The van der Waals surface area contributed by atoms with Crippen molar-refractivity contribution in [3.63, 3.8) is 0 Å². The van der Waals surface area contributed by atoms with Crippen LogP contribution in [-0.4, -0.2) is 47.4 Å². The second-order valence-corrected chi connectivity index (χ2v) is 20.0. The number of unbranched alkanes of at least 4 members (excludes halogenated alkanes) is 43. The summed E-state index contributed by atoms with van der Waals surface area (Å²) in [5.74, 6) is -0.0825. The van der Waals surface area contributed by atoms with Crippen LogP contribution >= 0.6 is 0 Å². The van der Waals surface area contributed by atoms with Crippen LogP contribution in [0.25, 0.3) is 0 Å². The van der Waals surface area contributed by atoms with Crippen LogP contribution in [-0.2, 0) is 14.3 Å². The number of carbonyl (C=O) groups excluding carboxylic acids is 2. The van der Waals surface area contributed by atoms with Gasteiger partial charge in [-0.05, 0) is 32.1 Å². The summed E-state index contributed by atoms with van der Waals surface area (Å²) in [7, 11) is 0. The lowest BCUT2D eigenvalue weighted by molar-refractivity contribution is -0.143. The third-order valence-electron chi connectivity index (χ3n) is 13.6. The fourth-order valence-corrected chi connectivity index (χ4v) is 9.11. The predicted molar refractivity (Wildman–Crippen MR) is 278 cm³/mol. The van der Waals surface area contributed by atoms with Gasteiger partial charge in [-0.15, -0.1) is 0 Å². The first-order valence-electron chi connectivity index (χ1n) is 29.0. The van der Waals surface area contributed by atoms with Crippen LogP contribution in [0.2, 0.25) is 0 Å². The summed E-state index contributed by atoms with van der Waals surface area (Å²) in [6.07, 6.45) is 63.7. The van der Waals surface area contributed by atoms with Gasteiger partial charge in [0.1, 0.15) is 0 Å². The molecule has 0 rings (SSSR count). The van der Waals surface area contributed by atoms with Crippen molar-refractivity contribution in [3.8, 4) is 0 Å². The van der Waals surface area contributed by atoms with E-state index in [1.165, 1.54) is 238 Å². The Labute approximate surface area is 399 Å². The Morgan fingerprint density at radius 2 is 0.719 bits per heavy atom. The number of ether oxygens (including phenoxy) is 1. The summed E-state index contributed by atoms with van der Waals surface area (Å²) in [6, 6.07) is -0.637. The largest absolute Gasteiger partial charge is 0.466 e. The highest BCUT2D eigenvalue weighted by molar-refractivity contribution is 5.76. The van der Waals surface area contributed by atoms with E-state index in [4.69, 9.17) is 4.74 Å². The van der Waals surface area contributed by atoms with Gasteiger partial charge in [0.25, 0.3) is 0 Å². The molecule has 380 valence electrons. The minimum absolute atomic E-state index is 0.00534. The fraction of sp³-hybridized carbons (Fsp3) is 0.931. The normalized spacial score (nSPS) is 12.6. The molecule has 0 aromatic carbocycles. The Hall–Kier alpha value is -1.40. The van der Waals surface area contributed by atoms with Crippen molar-refractivity contribution in [1.82, 2.24) is 5.32 Å². The lowest BCUT2D eigenvalue weighted by atomic mass is 10.0. The standard InChI is InChI=1S/C58H113NO5/c1-3-5-7-9-11-13-15-17-18-19-20-21-22-23-24-25-27-30-34-38-42-46-50-56(61)55(54-60)59-57(62)51-47-43-39-35-31-28-26-29-33-37-41-45-49-53-64-58(63)52-48-44-40-36-32-16-14-12-10-8-6-4-2/h46,50,55-56,60-61H,3-45,47-49,51-54H2,1-2H3,(H,59,62)/b50-46+. The van der Waals surface area contributed by atoms with Gasteiger partial charge in [0.2, 0.25) is 5.91 Å². The molecule has 64 heavy (non-hydrogen) atoms. The number of hydrogen-bond acceptors (Lipinski definition) is 5. The molecule has 0 spiro atoms. The van der Waals surface area contributed by atoms with E-state index in [1.807, 2.05) is 6.08 Å². The molecule has 6 nitrogen and oxygen atoms in total. The van der Waals surface area contributed by atoms with Gasteiger partial charge in [-0.25, -0.2) is 0 Å². The molecule has 6 heteroatoms. The molecule has 0 aliphatic heterocycles. The van der Waals surface area contributed by atoms with Crippen LogP contribution in [0.1, 0.15) is 322 Å². The maximum atomic E-state index is 12.5. The Balaban J connectivity index is 3.48. The number of hydrogen-bond donors (Lipinski definition) is 3. The van der Waals surface area contributed by atoms with E-state index in [9.17, 15) is 19.8 Å². The minimum atomic E-state index is -0.853. The molecule has 0 aliphatic rings. The van der Waals surface area contributed by atoms with Crippen molar-refractivity contribution in [2.45, 2.75) is 334 Å². The van der Waals surface area contributed by atoms with Crippen LogP contribution in [0.4, 0.5) is 0 Å². The molecule has 2 atom stereocenters. The summed E-state index contributed by atoms with van der Waals surface area (Å²) in [5, 5.41) is 23.2. The lowest BCUT2D eigenvalue weighted by Crippen LogP contribution is -2.45. The first-order valence-corrected chi connectivity index (χ1v) is 29.0. The molecule has 0 radical (unpaired) electrons. The topological polar surface area (TPSA) is 95.9 Å². The van der Waals surface area contributed by atoms with Crippen LogP contribution in [0.5, 0.6) is 0 Å². The Kier molecular flexibility index (Phi) is 53.0. The number of amides is 1. The molecule has 0 aromatic heterocycles. The molecule has 0 bridgehead atoms. The molecular formula is C58H113NO5. The van der Waals surface area contributed by atoms with Crippen molar-refractivity contribution in [2.75, 3.05) is 13.2 Å².